The van der Waals surface area contributed by atoms with E-state index < -0.39 is 39.0 Å². The lowest BCUT2D eigenvalue weighted by molar-refractivity contribution is -0.0504. The molecule has 15 nitrogen and oxygen atoms in total. The Kier molecular flexibility index (Phi) is 6.62. The van der Waals surface area contributed by atoms with Crippen molar-refractivity contribution in [1.29, 1.82) is 0 Å². The molecule has 0 unspecified atom stereocenters. The number of azide groups is 1. The van der Waals surface area contributed by atoms with Gasteiger partial charge in [-0.15, -0.1) is 0 Å². The highest BCUT2D eigenvalue weighted by Crippen LogP contribution is 2.38. The lowest BCUT2D eigenvalue weighted by Gasteiger charge is -2.16. The lowest BCUT2D eigenvalue weighted by atomic mass is 10.1. The average Bonchev–Trinajstić information content (AvgIpc) is 3.22. The van der Waals surface area contributed by atoms with Crippen LogP contribution < -0.4 is 5.32 Å². The molecular weight excluding hydrogens is 411 g/mol. The molecule has 2 aromatic heterocycles. The number of phosphoric ester groups is 1. The maximum absolute atomic E-state index is 10.9. The monoisotopic (exact) mass is 430 g/mol. The van der Waals surface area contributed by atoms with Crippen molar-refractivity contribution >= 4 is 24.8 Å². The second-order valence-electron chi connectivity index (χ2n) is 6.11. The fourth-order valence-electron chi connectivity index (χ4n) is 2.84. The van der Waals surface area contributed by atoms with E-state index >= 15 is 0 Å². The van der Waals surface area contributed by atoms with Crippen LogP contribution in [0.3, 0.4) is 0 Å². The van der Waals surface area contributed by atoms with Crippen LogP contribution in [0.1, 0.15) is 12.6 Å². The van der Waals surface area contributed by atoms with E-state index in [1.54, 1.807) is 0 Å². The van der Waals surface area contributed by atoms with Crippen molar-refractivity contribution < 1.29 is 33.8 Å². The molecule has 29 heavy (non-hydrogen) atoms. The fraction of sp³-hybridized carbons (Fsp3) is 0.615. The molecule has 0 radical (unpaired) electrons. The van der Waals surface area contributed by atoms with Crippen molar-refractivity contribution in [2.45, 2.75) is 31.0 Å². The van der Waals surface area contributed by atoms with E-state index in [9.17, 15) is 14.8 Å². The first-order chi connectivity index (χ1) is 13.8. The van der Waals surface area contributed by atoms with Crippen molar-refractivity contribution in [3.05, 3.63) is 23.1 Å². The van der Waals surface area contributed by atoms with Gasteiger partial charge in [-0.2, -0.15) is 0 Å². The highest BCUT2D eigenvalue weighted by molar-refractivity contribution is 7.46. The van der Waals surface area contributed by atoms with Gasteiger partial charge in [-0.25, -0.2) is 19.5 Å². The zero-order valence-electron chi connectivity index (χ0n) is 14.9. The molecule has 1 saturated heterocycles. The Balaban J connectivity index is 1.75. The minimum absolute atomic E-state index is 0.311. The van der Waals surface area contributed by atoms with Crippen LogP contribution >= 0.6 is 7.82 Å². The highest BCUT2D eigenvalue weighted by Gasteiger charge is 2.45. The van der Waals surface area contributed by atoms with Crippen LogP contribution in [-0.2, 0) is 13.8 Å². The first-order valence-corrected chi connectivity index (χ1v) is 9.99. The van der Waals surface area contributed by atoms with E-state index in [-0.39, 0.29) is 0 Å². The van der Waals surface area contributed by atoms with Gasteiger partial charge in [-0.3, -0.25) is 9.09 Å². The SMILES string of the molecule is [N-]=[N+]=NCCCNc1ncnc2c1ncn2[C@@H]1O[C@H](COP(=O)(O)O)[C@H](O)[C@@H]1O. The standard InChI is InChI=1S/C13H19N8O7P/c14-20-19-3-1-2-15-11-8-12(17-5-16-11)21(6-18-8)13-10(23)9(22)7(28-13)4-27-29(24,25)26/h5-7,9-10,13,22-23H,1-4H2,(H,15,16,17)(H2,24,25,26)/t7-,9+,10+,13-/m1/s1. The van der Waals surface area contributed by atoms with Gasteiger partial charge in [0.05, 0.1) is 12.9 Å². The molecule has 0 aromatic carbocycles. The van der Waals surface area contributed by atoms with Crippen molar-refractivity contribution in [2.24, 2.45) is 5.11 Å². The van der Waals surface area contributed by atoms with Crippen LogP contribution in [0.2, 0.25) is 0 Å². The predicted molar refractivity (Wildman–Crippen MR) is 96.4 cm³/mol. The number of imidazole rings is 1. The first kappa shape index (κ1) is 21.4. The van der Waals surface area contributed by atoms with Crippen molar-refractivity contribution in [3.63, 3.8) is 0 Å². The van der Waals surface area contributed by atoms with Gasteiger partial charge in [0, 0.05) is 18.0 Å². The summed E-state index contributed by atoms with van der Waals surface area (Å²) in [6.07, 6.45) is -1.92. The summed E-state index contributed by atoms with van der Waals surface area (Å²) < 4.78 is 22.1. The summed E-state index contributed by atoms with van der Waals surface area (Å²) in [4.78, 5) is 32.7. The number of hydrogen-bond acceptors (Lipinski definition) is 10. The lowest BCUT2D eigenvalue weighted by Crippen LogP contribution is -2.33. The minimum atomic E-state index is -4.76. The molecule has 1 aliphatic heterocycles. The molecule has 1 fully saturated rings. The normalized spacial score (nSPS) is 24.6. The number of aromatic nitrogens is 4. The van der Waals surface area contributed by atoms with Crippen LogP contribution in [0, 0.1) is 0 Å². The smallest absolute Gasteiger partial charge is 0.387 e. The number of aliphatic hydroxyl groups excluding tert-OH is 2. The number of phosphoric acid groups is 1. The van der Waals surface area contributed by atoms with Gasteiger partial charge in [0.25, 0.3) is 0 Å². The second-order valence-corrected chi connectivity index (χ2v) is 7.35. The third-order valence-electron chi connectivity index (χ3n) is 4.17. The second kappa shape index (κ2) is 8.98. The third-order valence-corrected chi connectivity index (χ3v) is 4.65. The number of hydrogen-bond donors (Lipinski definition) is 5. The predicted octanol–water partition coefficient (Wildman–Crippen LogP) is -0.333. The maximum atomic E-state index is 10.9. The van der Waals surface area contributed by atoms with Crippen LogP contribution in [-0.4, -0.2) is 77.5 Å². The van der Waals surface area contributed by atoms with Gasteiger partial charge in [-0.05, 0) is 12.0 Å². The van der Waals surface area contributed by atoms with E-state index in [0.717, 1.165) is 0 Å². The molecule has 0 aliphatic carbocycles. The van der Waals surface area contributed by atoms with E-state index in [1.807, 2.05) is 0 Å². The molecule has 2 aromatic rings. The number of fused-ring (bicyclic) bond motifs is 1. The number of aliphatic hydroxyl groups is 2. The van der Waals surface area contributed by atoms with E-state index in [4.69, 9.17) is 20.1 Å². The molecule has 0 spiro atoms. The number of nitrogens with zero attached hydrogens (tertiary/aromatic N) is 7. The fourth-order valence-corrected chi connectivity index (χ4v) is 3.18. The zero-order valence-corrected chi connectivity index (χ0v) is 15.8. The molecule has 3 rings (SSSR count). The summed E-state index contributed by atoms with van der Waals surface area (Å²) in [6, 6.07) is 0. The van der Waals surface area contributed by atoms with Gasteiger partial charge in [0.1, 0.15) is 24.6 Å². The van der Waals surface area contributed by atoms with Crippen LogP contribution in [0.25, 0.3) is 21.6 Å². The van der Waals surface area contributed by atoms with Crippen LogP contribution in [0.4, 0.5) is 5.82 Å². The summed E-state index contributed by atoms with van der Waals surface area (Å²) in [6.45, 7) is 0.184. The molecule has 0 amide bonds. The Hall–Kier alpha value is -2.35. The molecule has 3 heterocycles. The van der Waals surface area contributed by atoms with Crippen molar-refractivity contribution in [3.8, 4) is 0 Å². The van der Waals surface area contributed by atoms with Crippen molar-refractivity contribution in [1.82, 2.24) is 19.5 Å². The summed E-state index contributed by atoms with van der Waals surface area (Å²) in [5, 5.41) is 26.9. The number of anilines is 1. The number of ether oxygens (including phenoxy) is 1. The molecule has 1 aliphatic rings. The summed E-state index contributed by atoms with van der Waals surface area (Å²) in [7, 11) is -4.76. The molecule has 158 valence electrons. The molecule has 0 saturated carbocycles. The summed E-state index contributed by atoms with van der Waals surface area (Å²) in [5.74, 6) is 0.420. The Morgan fingerprint density at radius 3 is 2.86 bits per heavy atom. The maximum Gasteiger partial charge on any atom is 0.469 e. The molecule has 0 bridgehead atoms. The summed E-state index contributed by atoms with van der Waals surface area (Å²) >= 11 is 0. The average molecular weight is 430 g/mol. The van der Waals surface area contributed by atoms with Gasteiger partial charge in [0.15, 0.2) is 23.2 Å². The Labute approximate surface area is 163 Å². The van der Waals surface area contributed by atoms with E-state index in [0.29, 0.717) is 36.5 Å². The van der Waals surface area contributed by atoms with Crippen molar-refractivity contribution in [2.75, 3.05) is 25.0 Å². The minimum Gasteiger partial charge on any atom is -0.387 e. The quantitative estimate of drug-likeness (QED) is 0.114. The van der Waals surface area contributed by atoms with E-state index in [2.05, 4.69) is 34.8 Å². The van der Waals surface area contributed by atoms with Gasteiger partial charge < -0.3 is 30.1 Å². The summed E-state index contributed by atoms with van der Waals surface area (Å²) in [5.41, 5.74) is 8.97. The highest BCUT2D eigenvalue weighted by atomic mass is 31.2. The Bertz CT molecular complexity index is 944. The Morgan fingerprint density at radius 2 is 2.14 bits per heavy atom. The topological polar surface area (TPSA) is 221 Å². The number of nitrogens with one attached hydrogen (secondary N) is 1. The zero-order chi connectivity index (χ0) is 21.0. The largest absolute Gasteiger partial charge is 0.469 e. The third kappa shape index (κ3) is 4.98. The van der Waals surface area contributed by atoms with Crippen LogP contribution in [0.15, 0.2) is 17.8 Å². The van der Waals surface area contributed by atoms with Gasteiger partial charge in [0.2, 0.25) is 0 Å². The first-order valence-electron chi connectivity index (χ1n) is 8.46. The molecule has 16 heteroatoms. The van der Waals surface area contributed by atoms with E-state index in [1.165, 1.54) is 17.2 Å². The van der Waals surface area contributed by atoms with Gasteiger partial charge >= 0.3 is 7.82 Å². The molecule has 4 atom stereocenters. The Morgan fingerprint density at radius 1 is 1.34 bits per heavy atom. The number of rotatable bonds is 9. The van der Waals surface area contributed by atoms with Crippen LogP contribution in [0.5, 0.6) is 0 Å². The van der Waals surface area contributed by atoms with Gasteiger partial charge in [-0.1, -0.05) is 5.11 Å². The molecular formula is C13H19N8O7P. The molecule has 5 N–H and O–H groups in total.